The molecule has 0 aliphatic heterocycles. The fourth-order valence-electron chi connectivity index (χ4n) is 2.05. The van der Waals surface area contributed by atoms with Crippen LogP contribution in [-0.2, 0) is 0 Å². The van der Waals surface area contributed by atoms with Gasteiger partial charge < -0.3 is 10.5 Å². The summed E-state index contributed by atoms with van der Waals surface area (Å²) >= 11 is 6.21. The van der Waals surface area contributed by atoms with Crippen LogP contribution in [-0.4, -0.2) is 19.4 Å². The highest BCUT2D eigenvalue weighted by Gasteiger charge is 2.24. The number of aryl methyl sites for hydroxylation is 1. The van der Waals surface area contributed by atoms with Crippen molar-refractivity contribution in [3.63, 3.8) is 0 Å². The van der Waals surface area contributed by atoms with Crippen molar-refractivity contribution in [2.24, 2.45) is 11.7 Å². The van der Waals surface area contributed by atoms with Crippen molar-refractivity contribution < 1.29 is 9.53 Å². The number of ether oxygens (including phenoxy) is 1. The Hall–Kier alpha value is -1.06. The molecule has 0 aliphatic rings. The Labute approximate surface area is 113 Å². The van der Waals surface area contributed by atoms with Gasteiger partial charge in [0.15, 0.2) is 5.78 Å². The van der Waals surface area contributed by atoms with Gasteiger partial charge in [-0.3, -0.25) is 4.79 Å². The van der Waals surface area contributed by atoms with Gasteiger partial charge in [0.05, 0.1) is 12.7 Å². The molecule has 0 heterocycles. The second-order valence-corrected chi connectivity index (χ2v) is 4.79. The third-order valence-electron chi connectivity index (χ3n) is 3.26. The zero-order valence-electron chi connectivity index (χ0n) is 11.3. The highest BCUT2D eigenvalue weighted by Crippen LogP contribution is 2.33. The lowest BCUT2D eigenvalue weighted by Crippen LogP contribution is -2.24. The average Bonchev–Trinajstić information content (AvgIpc) is 2.36. The number of Topliss-reactive ketones (excluding diaryl/α,β-unsaturated/α-hetero) is 1. The minimum atomic E-state index is -0.184. The molecule has 2 N–H and O–H groups in total. The number of nitrogens with two attached hydrogens (primary N) is 1. The lowest BCUT2D eigenvalue weighted by atomic mass is 9.91. The second kappa shape index (κ2) is 6.21. The summed E-state index contributed by atoms with van der Waals surface area (Å²) in [6, 6.07) is 1.80. The molecule has 0 amide bonds. The van der Waals surface area contributed by atoms with E-state index in [-0.39, 0.29) is 11.7 Å². The molecule has 3 nitrogen and oxygen atoms in total. The van der Waals surface area contributed by atoms with Crippen LogP contribution in [0.1, 0.15) is 34.8 Å². The van der Waals surface area contributed by atoms with Gasteiger partial charge in [0.2, 0.25) is 0 Å². The minimum absolute atomic E-state index is 0.0104. The Kier molecular flexibility index (Phi) is 5.17. The quantitative estimate of drug-likeness (QED) is 0.836. The van der Waals surface area contributed by atoms with E-state index in [0.29, 0.717) is 29.3 Å². The molecule has 0 saturated heterocycles. The average molecular weight is 270 g/mol. The van der Waals surface area contributed by atoms with Crippen LogP contribution in [0, 0.1) is 19.8 Å². The van der Waals surface area contributed by atoms with Crippen LogP contribution in [0.2, 0.25) is 5.02 Å². The highest BCUT2D eigenvalue weighted by molar-refractivity contribution is 6.32. The molecule has 0 aromatic heterocycles. The second-order valence-electron chi connectivity index (χ2n) is 4.41. The number of hydrogen-bond acceptors (Lipinski definition) is 3. The fraction of sp³-hybridized carbons (Fsp3) is 0.500. The molecule has 4 heteroatoms. The molecule has 18 heavy (non-hydrogen) atoms. The first-order valence-corrected chi connectivity index (χ1v) is 6.43. The van der Waals surface area contributed by atoms with E-state index >= 15 is 0 Å². The van der Waals surface area contributed by atoms with Gasteiger partial charge in [-0.05, 0) is 37.5 Å². The largest absolute Gasteiger partial charge is 0.496 e. The van der Waals surface area contributed by atoms with Crippen molar-refractivity contribution in [1.29, 1.82) is 0 Å². The van der Waals surface area contributed by atoms with Gasteiger partial charge in [-0.1, -0.05) is 18.5 Å². The summed E-state index contributed by atoms with van der Waals surface area (Å²) in [5.74, 6) is 0.402. The maximum Gasteiger partial charge on any atom is 0.171 e. The van der Waals surface area contributed by atoms with E-state index in [9.17, 15) is 4.79 Å². The molecule has 1 rings (SSSR count). The van der Waals surface area contributed by atoms with Crippen LogP contribution in [0.5, 0.6) is 5.75 Å². The standard InChI is InChI=1S/C14H20ClNO2/c1-5-10(7-16)14(17)12-9(3)13(15)8(2)6-11(12)18-4/h6,10H,5,7,16H2,1-4H3. The number of ketones is 1. The highest BCUT2D eigenvalue weighted by atomic mass is 35.5. The smallest absolute Gasteiger partial charge is 0.171 e. The van der Waals surface area contributed by atoms with Crippen LogP contribution >= 0.6 is 11.6 Å². The third kappa shape index (κ3) is 2.68. The molecule has 1 atom stereocenters. The molecule has 0 aliphatic carbocycles. The summed E-state index contributed by atoms with van der Waals surface area (Å²) in [4.78, 5) is 12.5. The van der Waals surface area contributed by atoms with E-state index in [4.69, 9.17) is 22.1 Å². The zero-order chi connectivity index (χ0) is 13.9. The Morgan fingerprint density at radius 1 is 1.50 bits per heavy atom. The molecule has 100 valence electrons. The summed E-state index contributed by atoms with van der Waals surface area (Å²) in [7, 11) is 1.56. The van der Waals surface area contributed by atoms with Crippen LogP contribution in [0.3, 0.4) is 0 Å². The topological polar surface area (TPSA) is 52.3 Å². The van der Waals surface area contributed by atoms with Crippen LogP contribution in [0.4, 0.5) is 0 Å². The maximum atomic E-state index is 12.5. The van der Waals surface area contributed by atoms with Gasteiger partial charge in [0.25, 0.3) is 0 Å². The van der Waals surface area contributed by atoms with Gasteiger partial charge in [-0.15, -0.1) is 0 Å². The summed E-state index contributed by atoms with van der Waals surface area (Å²) in [6.07, 6.45) is 0.712. The number of methoxy groups -OCH3 is 1. The molecule has 0 saturated carbocycles. The molecule has 0 bridgehead atoms. The Morgan fingerprint density at radius 3 is 2.56 bits per heavy atom. The number of hydrogen-bond donors (Lipinski definition) is 1. The Bertz CT molecular complexity index is 454. The number of halogens is 1. The minimum Gasteiger partial charge on any atom is -0.496 e. The maximum absolute atomic E-state index is 12.5. The van der Waals surface area contributed by atoms with E-state index < -0.39 is 0 Å². The van der Waals surface area contributed by atoms with Crippen molar-refractivity contribution in [2.45, 2.75) is 27.2 Å². The molecular formula is C14H20ClNO2. The fourth-order valence-corrected chi connectivity index (χ4v) is 2.20. The molecule has 0 spiro atoms. The SMILES string of the molecule is CCC(CN)C(=O)c1c(OC)cc(C)c(Cl)c1C. The predicted octanol–water partition coefficient (Wildman–Crippen LogP) is 3.13. The van der Waals surface area contributed by atoms with Crippen molar-refractivity contribution in [1.82, 2.24) is 0 Å². The molecule has 1 unspecified atom stereocenters. The lowest BCUT2D eigenvalue weighted by Gasteiger charge is -2.18. The Balaban J connectivity index is 3.39. The van der Waals surface area contributed by atoms with E-state index in [1.165, 1.54) is 0 Å². The van der Waals surface area contributed by atoms with E-state index in [2.05, 4.69) is 0 Å². The first-order chi connectivity index (χ1) is 8.47. The van der Waals surface area contributed by atoms with E-state index in [1.807, 2.05) is 20.8 Å². The molecular weight excluding hydrogens is 250 g/mol. The van der Waals surface area contributed by atoms with Gasteiger partial charge in [0, 0.05) is 17.5 Å². The number of carbonyl (C=O) groups is 1. The van der Waals surface area contributed by atoms with E-state index in [1.54, 1.807) is 13.2 Å². The number of benzene rings is 1. The molecule has 1 aromatic rings. The first kappa shape index (κ1) is 15.0. The third-order valence-corrected chi connectivity index (χ3v) is 3.84. The van der Waals surface area contributed by atoms with Gasteiger partial charge in [0.1, 0.15) is 5.75 Å². The number of rotatable bonds is 5. The first-order valence-electron chi connectivity index (χ1n) is 6.05. The number of carbonyl (C=O) groups excluding carboxylic acids is 1. The monoisotopic (exact) mass is 269 g/mol. The van der Waals surface area contributed by atoms with Crippen molar-refractivity contribution in [3.8, 4) is 5.75 Å². The summed E-state index contributed by atoms with van der Waals surface area (Å²) in [5.41, 5.74) is 7.87. The van der Waals surface area contributed by atoms with Crippen molar-refractivity contribution in [2.75, 3.05) is 13.7 Å². The van der Waals surface area contributed by atoms with Crippen molar-refractivity contribution in [3.05, 3.63) is 27.8 Å². The summed E-state index contributed by atoms with van der Waals surface area (Å²) < 4.78 is 5.30. The molecule has 0 radical (unpaired) electrons. The van der Waals surface area contributed by atoms with Crippen molar-refractivity contribution >= 4 is 17.4 Å². The van der Waals surface area contributed by atoms with Gasteiger partial charge in [-0.2, -0.15) is 0 Å². The van der Waals surface area contributed by atoms with E-state index in [0.717, 1.165) is 11.1 Å². The van der Waals surface area contributed by atoms with Gasteiger partial charge >= 0.3 is 0 Å². The Morgan fingerprint density at radius 2 is 2.11 bits per heavy atom. The van der Waals surface area contributed by atoms with Crippen LogP contribution in [0.25, 0.3) is 0 Å². The summed E-state index contributed by atoms with van der Waals surface area (Å²) in [5, 5.41) is 0.617. The zero-order valence-corrected chi connectivity index (χ0v) is 12.1. The molecule has 0 fully saturated rings. The predicted molar refractivity (Wildman–Crippen MR) is 74.6 cm³/mol. The van der Waals surface area contributed by atoms with Crippen LogP contribution in [0.15, 0.2) is 6.07 Å². The van der Waals surface area contributed by atoms with Gasteiger partial charge in [-0.25, -0.2) is 0 Å². The normalized spacial score (nSPS) is 12.3. The molecule has 1 aromatic carbocycles. The summed E-state index contributed by atoms with van der Waals surface area (Å²) in [6.45, 7) is 6.02. The lowest BCUT2D eigenvalue weighted by molar-refractivity contribution is 0.0917. The van der Waals surface area contributed by atoms with Crippen LogP contribution < -0.4 is 10.5 Å².